The number of halogens is 2. The molecule has 8 heteroatoms. The summed E-state index contributed by atoms with van der Waals surface area (Å²) in [4.78, 5) is 13.3. The van der Waals surface area contributed by atoms with E-state index in [1.165, 1.54) is 5.69 Å². The van der Waals surface area contributed by atoms with Crippen LogP contribution in [0.25, 0.3) is 0 Å². The highest BCUT2D eigenvalue weighted by molar-refractivity contribution is 14.0. The van der Waals surface area contributed by atoms with Gasteiger partial charge in [0.15, 0.2) is 5.96 Å². The molecule has 2 heterocycles. The number of aliphatic imine (C=N–C) groups is 1. The fraction of sp³-hybridized carbons (Fsp3) is 0.444. The molecule has 144 valence electrons. The van der Waals surface area contributed by atoms with Gasteiger partial charge in [-0.05, 0) is 46.6 Å². The molecule has 0 radical (unpaired) electrons. The summed E-state index contributed by atoms with van der Waals surface area (Å²) in [5.74, 6) is 1.84. The first kappa shape index (κ1) is 22.8. The van der Waals surface area contributed by atoms with Gasteiger partial charge in [0, 0.05) is 57.3 Å². The van der Waals surface area contributed by atoms with Gasteiger partial charge in [-0.15, -0.1) is 24.0 Å². The Kier molecular flexibility index (Phi) is 9.42. The summed E-state index contributed by atoms with van der Waals surface area (Å²) in [5, 5.41) is 3.37. The second kappa shape index (κ2) is 10.8. The van der Waals surface area contributed by atoms with E-state index in [0.717, 1.165) is 34.9 Å². The van der Waals surface area contributed by atoms with Crippen LogP contribution >= 0.6 is 39.9 Å². The molecule has 0 aliphatic carbocycles. The highest BCUT2D eigenvalue weighted by Crippen LogP contribution is 2.15. The average molecular weight is 535 g/mol. The van der Waals surface area contributed by atoms with Gasteiger partial charge >= 0.3 is 0 Å². The van der Waals surface area contributed by atoms with Crippen molar-refractivity contribution in [1.82, 2.24) is 19.8 Å². The van der Waals surface area contributed by atoms with E-state index in [2.05, 4.69) is 75.0 Å². The number of rotatable bonds is 6. The summed E-state index contributed by atoms with van der Waals surface area (Å²) < 4.78 is 3.21. The average Bonchev–Trinajstić information content (AvgIpc) is 2.88. The number of nitrogens with zero attached hydrogens (tertiary/aromatic N) is 5. The van der Waals surface area contributed by atoms with Crippen LogP contribution in [0.3, 0.4) is 0 Å². The quantitative estimate of drug-likeness (QED) is 0.350. The van der Waals surface area contributed by atoms with E-state index in [1.807, 2.05) is 31.3 Å². The first-order chi connectivity index (χ1) is 11.9. The van der Waals surface area contributed by atoms with E-state index < -0.39 is 0 Å². The Morgan fingerprint density at radius 3 is 2.62 bits per heavy atom. The van der Waals surface area contributed by atoms with Crippen LogP contribution < -0.4 is 10.2 Å². The SMILES string of the molecule is CCNC(=NCc1ccnc(N(C)C)c1)N(C)Cc1cc(Br)cn1C.I. The minimum Gasteiger partial charge on any atom is -0.363 e. The summed E-state index contributed by atoms with van der Waals surface area (Å²) in [7, 11) is 8.09. The molecule has 0 unspecified atom stereocenters. The zero-order chi connectivity index (χ0) is 18.4. The van der Waals surface area contributed by atoms with E-state index in [0.29, 0.717) is 6.54 Å². The lowest BCUT2D eigenvalue weighted by molar-refractivity contribution is 0.462. The number of nitrogens with one attached hydrogen (secondary N) is 1. The van der Waals surface area contributed by atoms with Crippen LogP contribution in [0.1, 0.15) is 18.2 Å². The normalized spacial score (nSPS) is 11.1. The fourth-order valence-electron chi connectivity index (χ4n) is 2.48. The van der Waals surface area contributed by atoms with Gasteiger partial charge in [0.1, 0.15) is 5.82 Å². The number of anilines is 1. The van der Waals surface area contributed by atoms with Crippen molar-refractivity contribution in [3.8, 4) is 0 Å². The molecule has 0 spiro atoms. The zero-order valence-electron chi connectivity index (χ0n) is 16.0. The van der Waals surface area contributed by atoms with Crippen molar-refractivity contribution in [2.45, 2.75) is 20.0 Å². The minimum absolute atomic E-state index is 0. The standard InChI is InChI=1S/C18H27BrN6.HI/c1-6-20-18(25(5)13-16-10-15(19)12-24(16)4)22-11-14-7-8-21-17(9-14)23(2)3;/h7-10,12H,6,11,13H2,1-5H3,(H,20,22);1H. The largest absolute Gasteiger partial charge is 0.363 e. The number of aromatic nitrogens is 2. The topological polar surface area (TPSA) is 48.7 Å². The van der Waals surface area contributed by atoms with Crippen LogP contribution in [0.15, 0.2) is 40.1 Å². The van der Waals surface area contributed by atoms with Gasteiger partial charge in [0.2, 0.25) is 0 Å². The lowest BCUT2D eigenvalue weighted by atomic mass is 10.2. The maximum atomic E-state index is 4.78. The summed E-state index contributed by atoms with van der Waals surface area (Å²) >= 11 is 3.53. The van der Waals surface area contributed by atoms with E-state index in [4.69, 9.17) is 4.99 Å². The number of guanidine groups is 1. The van der Waals surface area contributed by atoms with E-state index >= 15 is 0 Å². The molecular weight excluding hydrogens is 507 g/mol. The molecule has 2 aromatic rings. The maximum absolute atomic E-state index is 4.78. The summed E-state index contributed by atoms with van der Waals surface area (Å²) in [6.07, 6.45) is 3.89. The number of hydrogen-bond acceptors (Lipinski definition) is 3. The van der Waals surface area contributed by atoms with Gasteiger partial charge in [-0.2, -0.15) is 0 Å². The van der Waals surface area contributed by atoms with E-state index in [-0.39, 0.29) is 24.0 Å². The highest BCUT2D eigenvalue weighted by atomic mass is 127. The van der Waals surface area contributed by atoms with Crippen molar-refractivity contribution in [1.29, 1.82) is 0 Å². The first-order valence-electron chi connectivity index (χ1n) is 8.33. The molecule has 0 bridgehead atoms. The van der Waals surface area contributed by atoms with Crippen LogP contribution in [-0.4, -0.2) is 48.1 Å². The second-order valence-corrected chi connectivity index (χ2v) is 7.12. The van der Waals surface area contributed by atoms with Crippen LogP contribution in [0.2, 0.25) is 0 Å². The Morgan fingerprint density at radius 2 is 2.04 bits per heavy atom. The summed E-state index contributed by atoms with van der Waals surface area (Å²) in [6.45, 7) is 4.32. The van der Waals surface area contributed by atoms with Crippen LogP contribution in [0, 0.1) is 0 Å². The Bertz CT molecular complexity index is 728. The predicted octanol–water partition coefficient (Wildman–Crippen LogP) is 3.46. The molecule has 0 atom stereocenters. The van der Waals surface area contributed by atoms with Gasteiger partial charge in [-0.1, -0.05) is 0 Å². The van der Waals surface area contributed by atoms with Crippen molar-refractivity contribution in [3.63, 3.8) is 0 Å². The van der Waals surface area contributed by atoms with Gasteiger partial charge in [0.05, 0.1) is 13.1 Å². The third-order valence-corrected chi connectivity index (χ3v) is 4.28. The summed E-state index contributed by atoms with van der Waals surface area (Å²) in [6, 6.07) is 6.21. The molecule has 0 aliphatic rings. The molecule has 6 nitrogen and oxygen atoms in total. The van der Waals surface area contributed by atoms with Gasteiger partial charge in [-0.25, -0.2) is 9.98 Å². The molecule has 2 aromatic heterocycles. The van der Waals surface area contributed by atoms with Gasteiger partial charge in [-0.3, -0.25) is 0 Å². The first-order valence-corrected chi connectivity index (χ1v) is 9.12. The molecule has 1 N–H and O–H groups in total. The third kappa shape index (κ3) is 6.46. The van der Waals surface area contributed by atoms with Gasteiger partial charge < -0.3 is 19.7 Å². The Labute approximate surface area is 181 Å². The molecule has 2 rings (SSSR count). The maximum Gasteiger partial charge on any atom is 0.194 e. The van der Waals surface area contributed by atoms with Crippen LogP contribution in [-0.2, 0) is 20.1 Å². The number of pyridine rings is 1. The van der Waals surface area contributed by atoms with Crippen LogP contribution in [0.5, 0.6) is 0 Å². The summed E-state index contributed by atoms with van der Waals surface area (Å²) in [5.41, 5.74) is 2.36. The Morgan fingerprint density at radius 1 is 1.31 bits per heavy atom. The van der Waals surface area contributed by atoms with Crippen molar-refractivity contribution in [2.24, 2.45) is 12.0 Å². The monoisotopic (exact) mass is 534 g/mol. The van der Waals surface area contributed by atoms with Crippen molar-refractivity contribution < 1.29 is 0 Å². The van der Waals surface area contributed by atoms with Crippen molar-refractivity contribution in [2.75, 3.05) is 32.6 Å². The smallest absolute Gasteiger partial charge is 0.194 e. The van der Waals surface area contributed by atoms with Crippen LogP contribution in [0.4, 0.5) is 5.82 Å². The molecular formula is C18H28BrIN6. The molecule has 0 aliphatic heterocycles. The van der Waals surface area contributed by atoms with Crippen molar-refractivity contribution >= 4 is 51.7 Å². The number of hydrogen-bond donors (Lipinski definition) is 1. The molecule has 0 saturated carbocycles. The highest BCUT2D eigenvalue weighted by Gasteiger charge is 2.10. The molecule has 0 saturated heterocycles. The predicted molar refractivity (Wildman–Crippen MR) is 123 cm³/mol. The fourth-order valence-corrected chi connectivity index (χ4v) is 3.05. The second-order valence-electron chi connectivity index (χ2n) is 6.20. The molecule has 26 heavy (non-hydrogen) atoms. The Hall–Kier alpha value is -1.29. The van der Waals surface area contributed by atoms with E-state index in [1.54, 1.807) is 0 Å². The molecule has 0 fully saturated rings. The minimum atomic E-state index is 0. The lowest BCUT2D eigenvalue weighted by Gasteiger charge is -2.22. The Balaban J connectivity index is 0.00000338. The van der Waals surface area contributed by atoms with Crippen molar-refractivity contribution in [3.05, 3.63) is 46.3 Å². The van der Waals surface area contributed by atoms with Gasteiger partial charge in [0.25, 0.3) is 0 Å². The van der Waals surface area contributed by atoms with E-state index in [9.17, 15) is 0 Å². The zero-order valence-corrected chi connectivity index (χ0v) is 19.9. The third-order valence-electron chi connectivity index (χ3n) is 3.85. The molecule has 0 aromatic carbocycles. The number of aryl methyl sites for hydroxylation is 1. The lowest BCUT2D eigenvalue weighted by Crippen LogP contribution is -2.38. The molecule has 0 amide bonds.